The second-order valence-electron chi connectivity index (χ2n) is 4.43. The Kier molecular flexibility index (Phi) is 4.58. The molecule has 0 aliphatic rings. The SMILES string of the molecule is Cc1cc(C#N)ccc1CS(=O)c1ccc(Br)cc1N. The summed E-state index contributed by atoms with van der Waals surface area (Å²) < 4.78 is 13.3. The van der Waals surface area contributed by atoms with Gasteiger partial charge in [-0.2, -0.15) is 5.26 Å². The molecule has 0 spiro atoms. The summed E-state index contributed by atoms with van der Waals surface area (Å²) in [4.78, 5) is 0.636. The van der Waals surface area contributed by atoms with Gasteiger partial charge in [-0.1, -0.05) is 22.0 Å². The molecule has 1 atom stereocenters. The van der Waals surface area contributed by atoms with Crippen LogP contribution < -0.4 is 5.73 Å². The lowest BCUT2D eigenvalue weighted by atomic mass is 10.1. The molecule has 102 valence electrons. The van der Waals surface area contributed by atoms with Gasteiger partial charge >= 0.3 is 0 Å². The predicted octanol–water partition coefficient (Wildman–Crippen LogP) is 3.52. The van der Waals surface area contributed by atoms with Crippen LogP contribution in [0.15, 0.2) is 45.8 Å². The average Bonchev–Trinajstić information content (AvgIpc) is 2.40. The number of hydrogen-bond donors (Lipinski definition) is 1. The van der Waals surface area contributed by atoms with Gasteiger partial charge in [-0.15, -0.1) is 0 Å². The van der Waals surface area contributed by atoms with E-state index in [0.29, 0.717) is 21.9 Å². The van der Waals surface area contributed by atoms with E-state index in [4.69, 9.17) is 11.0 Å². The first kappa shape index (κ1) is 14.8. The fraction of sp³-hybridized carbons (Fsp3) is 0.133. The van der Waals surface area contributed by atoms with Gasteiger partial charge in [0.25, 0.3) is 0 Å². The average molecular weight is 349 g/mol. The first-order valence-corrected chi connectivity index (χ1v) is 8.05. The molecule has 0 saturated heterocycles. The Bertz CT molecular complexity index is 722. The second kappa shape index (κ2) is 6.21. The van der Waals surface area contributed by atoms with E-state index in [1.165, 1.54) is 0 Å². The molecular weight excluding hydrogens is 336 g/mol. The maximum absolute atomic E-state index is 12.4. The van der Waals surface area contributed by atoms with Gasteiger partial charge in [0.05, 0.1) is 33.1 Å². The number of anilines is 1. The third-order valence-electron chi connectivity index (χ3n) is 2.98. The molecule has 2 aromatic carbocycles. The Morgan fingerprint density at radius 3 is 2.65 bits per heavy atom. The van der Waals surface area contributed by atoms with E-state index in [1.54, 1.807) is 24.3 Å². The lowest BCUT2D eigenvalue weighted by molar-refractivity contribution is 0.683. The Morgan fingerprint density at radius 2 is 2.05 bits per heavy atom. The van der Waals surface area contributed by atoms with Crippen LogP contribution in [0.1, 0.15) is 16.7 Å². The number of nitrogens with two attached hydrogens (primary N) is 1. The van der Waals surface area contributed by atoms with Gasteiger partial charge in [0.1, 0.15) is 0 Å². The first-order valence-electron chi connectivity index (χ1n) is 5.94. The van der Waals surface area contributed by atoms with Gasteiger partial charge < -0.3 is 5.73 Å². The fourth-order valence-corrected chi connectivity index (χ4v) is 3.56. The Labute approximate surface area is 129 Å². The molecule has 0 bridgehead atoms. The van der Waals surface area contributed by atoms with Crippen molar-refractivity contribution >= 4 is 32.4 Å². The Morgan fingerprint density at radius 1 is 1.30 bits per heavy atom. The van der Waals surface area contributed by atoms with Crippen molar-refractivity contribution in [3.05, 3.63) is 57.6 Å². The van der Waals surface area contributed by atoms with Crippen LogP contribution in [0, 0.1) is 18.3 Å². The number of hydrogen-bond acceptors (Lipinski definition) is 3. The third kappa shape index (κ3) is 3.27. The highest BCUT2D eigenvalue weighted by molar-refractivity contribution is 9.10. The van der Waals surface area contributed by atoms with Crippen LogP contribution in [0.2, 0.25) is 0 Å². The van der Waals surface area contributed by atoms with Crippen LogP contribution in [-0.4, -0.2) is 4.21 Å². The number of benzene rings is 2. The van der Waals surface area contributed by atoms with Crippen LogP contribution >= 0.6 is 15.9 Å². The lowest BCUT2D eigenvalue weighted by Gasteiger charge is -2.09. The van der Waals surface area contributed by atoms with Crippen LogP contribution in [0.3, 0.4) is 0 Å². The first-order chi connectivity index (χ1) is 9.51. The fourth-order valence-electron chi connectivity index (χ4n) is 1.87. The van der Waals surface area contributed by atoms with E-state index in [2.05, 4.69) is 22.0 Å². The molecule has 0 amide bonds. The molecule has 0 heterocycles. The highest BCUT2D eigenvalue weighted by Gasteiger charge is 2.11. The number of nitrogens with zero attached hydrogens (tertiary/aromatic N) is 1. The second-order valence-corrected chi connectivity index (χ2v) is 6.76. The minimum Gasteiger partial charge on any atom is -0.398 e. The summed E-state index contributed by atoms with van der Waals surface area (Å²) in [5, 5.41) is 8.84. The summed E-state index contributed by atoms with van der Waals surface area (Å²) in [6.07, 6.45) is 0. The zero-order valence-electron chi connectivity index (χ0n) is 10.9. The molecule has 0 fully saturated rings. The molecule has 0 aromatic heterocycles. The summed E-state index contributed by atoms with van der Waals surface area (Å²) in [5.41, 5.74) is 8.95. The molecule has 3 nitrogen and oxygen atoms in total. The summed E-state index contributed by atoms with van der Waals surface area (Å²) in [7, 11) is -1.20. The van der Waals surface area contributed by atoms with Crippen molar-refractivity contribution in [2.24, 2.45) is 0 Å². The molecular formula is C15H13BrN2OS. The topological polar surface area (TPSA) is 66.9 Å². The van der Waals surface area contributed by atoms with Gasteiger partial charge in [-0.05, 0) is 48.4 Å². The summed E-state index contributed by atoms with van der Waals surface area (Å²) in [5.74, 6) is 0.392. The smallest absolute Gasteiger partial charge is 0.0991 e. The number of aryl methyl sites for hydroxylation is 1. The third-order valence-corrected chi connectivity index (χ3v) is 4.90. The standard InChI is InChI=1S/C15H13BrN2OS/c1-10-6-11(8-17)2-3-12(10)9-20(19)15-5-4-13(16)7-14(15)18/h2-7H,9,18H2,1H3. The van der Waals surface area contributed by atoms with Crippen molar-refractivity contribution in [2.45, 2.75) is 17.6 Å². The van der Waals surface area contributed by atoms with Crippen LogP contribution in [0.4, 0.5) is 5.69 Å². The van der Waals surface area contributed by atoms with Crippen molar-refractivity contribution in [3.8, 4) is 6.07 Å². The molecule has 0 radical (unpaired) electrons. The van der Waals surface area contributed by atoms with E-state index in [0.717, 1.165) is 15.6 Å². The van der Waals surface area contributed by atoms with Gasteiger partial charge in [0.15, 0.2) is 0 Å². The normalized spacial score (nSPS) is 11.8. The zero-order chi connectivity index (χ0) is 14.7. The summed E-state index contributed by atoms with van der Waals surface area (Å²) in [6, 6.07) is 12.8. The maximum atomic E-state index is 12.4. The van der Waals surface area contributed by atoms with Crippen molar-refractivity contribution < 1.29 is 4.21 Å². The minimum absolute atomic E-state index is 0.392. The van der Waals surface area contributed by atoms with Crippen LogP contribution in [0.5, 0.6) is 0 Å². The van der Waals surface area contributed by atoms with Crippen molar-refractivity contribution in [3.63, 3.8) is 0 Å². The number of nitrogen functional groups attached to an aromatic ring is 1. The quantitative estimate of drug-likeness (QED) is 0.862. The molecule has 20 heavy (non-hydrogen) atoms. The molecule has 5 heteroatoms. The van der Waals surface area contributed by atoms with E-state index >= 15 is 0 Å². The number of rotatable bonds is 3. The molecule has 0 aliphatic carbocycles. The van der Waals surface area contributed by atoms with Gasteiger partial charge in [0, 0.05) is 10.2 Å². The van der Waals surface area contributed by atoms with Gasteiger partial charge in [-0.3, -0.25) is 4.21 Å². The Hall–Kier alpha value is -1.64. The molecule has 2 aromatic rings. The summed E-state index contributed by atoms with van der Waals surface area (Å²) in [6.45, 7) is 1.91. The van der Waals surface area contributed by atoms with E-state index in [1.807, 2.05) is 19.1 Å². The lowest BCUT2D eigenvalue weighted by Crippen LogP contribution is -2.02. The number of halogens is 1. The molecule has 0 aliphatic heterocycles. The van der Waals surface area contributed by atoms with E-state index in [9.17, 15) is 4.21 Å². The van der Waals surface area contributed by atoms with Crippen molar-refractivity contribution in [1.82, 2.24) is 0 Å². The molecule has 0 saturated carbocycles. The molecule has 2 N–H and O–H groups in total. The minimum atomic E-state index is -1.20. The molecule has 2 rings (SSSR count). The van der Waals surface area contributed by atoms with Crippen molar-refractivity contribution in [1.29, 1.82) is 5.26 Å². The van der Waals surface area contributed by atoms with Crippen LogP contribution in [-0.2, 0) is 16.6 Å². The van der Waals surface area contributed by atoms with E-state index < -0.39 is 10.8 Å². The van der Waals surface area contributed by atoms with Gasteiger partial charge in [0.2, 0.25) is 0 Å². The highest BCUT2D eigenvalue weighted by atomic mass is 79.9. The highest BCUT2D eigenvalue weighted by Crippen LogP contribution is 2.24. The predicted molar refractivity (Wildman–Crippen MR) is 84.6 cm³/mol. The summed E-state index contributed by atoms with van der Waals surface area (Å²) >= 11 is 3.33. The largest absolute Gasteiger partial charge is 0.398 e. The van der Waals surface area contributed by atoms with Crippen molar-refractivity contribution in [2.75, 3.05) is 5.73 Å². The Balaban J connectivity index is 2.26. The monoisotopic (exact) mass is 348 g/mol. The molecule has 1 unspecified atom stereocenters. The number of nitriles is 1. The van der Waals surface area contributed by atoms with Gasteiger partial charge in [-0.25, -0.2) is 0 Å². The zero-order valence-corrected chi connectivity index (χ0v) is 13.3. The maximum Gasteiger partial charge on any atom is 0.0991 e. The van der Waals surface area contributed by atoms with Crippen LogP contribution in [0.25, 0.3) is 0 Å². The van der Waals surface area contributed by atoms with E-state index in [-0.39, 0.29) is 0 Å².